The molecule has 1 atom stereocenters. The first-order valence-electron chi connectivity index (χ1n) is 9.57. The van der Waals surface area contributed by atoms with Crippen LogP contribution in [0.25, 0.3) is 16.7 Å². The second-order valence-corrected chi connectivity index (χ2v) is 7.24. The summed E-state index contributed by atoms with van der Waals surface area (Å²) in [6.07, 6.45) is 1.65. The van der Waals surface area contributed by atoms with Gasteiger partial charge >= 0.3 is 0 Å². The number of nitrogens with zero attached hydrogens (tertiary/aromatic N) is 3. The molecule has 1 N–H and O–H groups in total. The van der Waals surface area contributed by atoms with E-state index in [-0.39, 0.29) is 11.9 Å². The largest absolute Gasteiger partial charge is 0.468 e. The number of hydrogen-bond donors (Lipinski definition) is 1. The number of furan rings is 1. The molecule has 4 aromatic rings. The maximum atomic E-state index is 12.8. The SMILES string of the molecule is Cc1nc2cc(C(=O)NCC(c3ccco3)N(C)C)ccc2n1-c1ccccc1. The number of aryl methyl sites for hydroxylation is 1. The van der Waals surface area contributed by atoms with Crippen molar-refractivity contribution in [1.82, 2.24) is 19.8 Å². The Balaban J connectivity index is 1.56. The van der Waals surface area contributed by atoms with Crippen LogP contribution >= 0.6 is 0 Å². The number of rotatable bonds is 6. The fourth-order valence-electron chi connectivity index (χ4n) is 3.55. The molecular weight excluding hydrogens is 364 g/mol. The third kappa shape index (κ3) is 3.79. The summed E-state index contributed by atoms with van der Waals surface area (Å²) in [7, 11) is 3.93. The van der Waals surface area contributed by atoms with Crippen molar-refractivity contribution in [2.75, 3.05) is 20.6 Å². The van der Waals surface area contributed by atoms with E-state index in [4.69, 9.17) is 4.42 Å². The predicted molar refractivity (Wildman–Crippen MR) is 113 cm³/mol. The third-order valence-electron chi connectivity index (χ3n) is 5.05. The lowest BCUT2D eigenvalue weighted by Crippen LogP contribution is -2.34. The Bertz CT molecular complexity index is 1110. The zero-order valence-electron chi connectivity index (χ0n) is 16.8. The number of benzene rings is 2. The highest BCUT2D eigenvalue weighted by Gasteiger charge is 2.19. The maximum absolute atomic E-state index is 12.8. The van der Waals surface area contributed by atoms with Gasteiger partial charge in [0.25, 0.3) is 5.91 Å². The van der Waals surface area contributed by atoms with Gasteiger partial charge < -0.3 is 9.73 Å². The van der Waals surface area contributed by atoms with E-state index in [2.05, 4.69) is 14.9 Å². The van der Waals surface area contributed by atoms with Gasteiger partial charge in [-0.05, 0) is 63.5 Å². The second kappa shape index (κ2) is 7.93. The smallest absolute Gasteiger partial charge is 0.251 e. The lowest BCUT2D eigenvalue weighted by atomic mass is 10.1. The van der Waals surface area contributed by atoms with E-state index in [1.165, 1.54) is 0 Å². The van der Waals surface area contributed by atoms with Crippen LogP contribution in [0.4, 0.5) is 0 Å². The molecule has 4 rings (SSSR count). The average molecular weight is 388 g/mol. The van der Waals surface area contributed by atoms with Crippen LogP contribution in [0.15, 0.2) is 71.3 Å². The molecule has 1 unspecified atom stereocenters. The van der Waals surface area contributed by atoms with Crippen LogP contribution in [-0.4, -0.2) is 41.0 Å². The molecular formula is C23H24N4O2. The van der Waals surface area contributed by atoms with Gasteiger partial charge in [-0.25, -0.2) is 4.98 Å². The Morgan fingerprint density at radius 2 is 1.93 bits per heavy atom. The molecule has 6 heteroatoms. The molecule has 29 heavy (non-hydrogen) atoms. The summed E-state index contributed by atoms with van der Waals surface area (Å²) in [6, 6.07) is 19.5. The van der Waals surface area contributed by atoms with Crippen molar-refractivity contribution in [3.63, 3.8) is 0 Å². The van der Waals surface area contributed by atoms with E-state index in [1.54, 1.807) is 6.26 Å². The molecule has 0 radical (unpaired) electrons. The van der Waals surface area contributed by atoms with Crippen molar-refractivity contribution in [2.24, 2.45) is 0 Å². The summed E-state index contributed by atoms with van der Waals surface area (Å²) in [6.45, 7) is 2.42. The Morgan fingerprint density at radius 3 is 2.62 bits per heavy atom. The molecule has 0 bridgehead atoms. The number of carbonyl (C=O) groups excluding carboxylic acids is 1. The topological polar surface area (TPSA) is 63.3 Å². The van der Waals surface area contributed by atoms with Crippen LogP contribution in [-0.2, 0) is 0 Å². The normalized spacial score (nSPS) is 12.4. The van der Waals surface area contributed by atoms with Crippen LogP contribution in [0.1, 0.15) is 28.0 Å². The van der Waals surface area contributed by atoms with E-state index in [1.807, 2.05) is 86.6 Å². The minimum atomic E-state index is -0.128. The highest BCUT2D eigenvalue weighted by molar-refractivity contribution is 5.97. The van der Waals surface area contributed by atoms with Crippen LogP contribution in [0.3, 0.4) is 0 Å². The highest BCUT2D eigenvalue weighted by atomic mass is 16.3. The summed E-state index contributed by atoms with van der Waals surface area (Å²) in [5, 5.41) is 3.01. The third-order valence-corrected chi connectivity index (χ3v) is 5.05. The molecule has 0 aliphatic heterocycles. The van der Waals surface area contributed by atoms with Gasteiger partial charge in [0.2, 0.25) is 0 Å². The Hall–Kier alpha value is -3.38. The van der Waals surface area contributed by atoms with Gasteiger partial charge in [-0.2, -0.15) is 0 Å². The van der Waals surface area contributed by atoms with Crippen molar-refractivity contribution in [2.45, 2.75) is 13.0 Å². The number of amides is 1. The van der Waals surface area contributed by atoms with Crippen molar-refractivity contribution >= 4 is 16.9 Å². The molecule has 0 fully saturated rings. The summed E-state index contributed by atoms with van der Waals surface area (Å²) < 4.78 is 7.60. The van der Waals surface area contributed by atoms with Gasteiger partial charge in [0, 0.05) is 17.8 Å². The summed E-state index contributed by atoms with van der Waals surface area (Å²) in [5.74, 6) is 1.58. The van der Waals surface area contributed by atoms with Crippen molar-refractivity contribution in [1.29, 1.82) is 0 Å². The van der Waals surface area contributed by atoms with Crippen LogP contribution < -0.4 is 5.32 Å². The van der Waals surface area contributed by atoms with Crippen LogP contribution in [0, 0.1) is 6.92 Å². The quantitative estimate of drug-likeness (QED) is 0.543. The number of likely N-dealkylation sites (N-methyl/N-ethyl adjacent to an activating group) is 1. The average Bonchev–Trinajstić information content (AvgIpc) is 3.35. The molecule has 2 heterocycles. The first-order chi connectivity index (χ1) is 14.0. The molecule has 2 aromatic carbocycles. The minimum Gasteiger partial charge on any atom is -0.468 e. The molecule has 0 saturated carbocycles. The lowest BCUT2D eigenvalue weighted by Gasteiger charge is -2.22. The molecule has 0 saturated heterocycles. The van der Waals surface area contributed by atoms with E-state index in [0.717, 1.165) is 28.3 Å². The Kier molecular flexibility index (Phi) is 5.18. The molecule has 0 spiro atoms. The predicted octanol–water partition coefficient (Wildman–Crippen LogP) is 3.96. The van der Waals surface area contributed by atoms with Crippen LogP contribution in [0.5, 0.6) is 0 Å². The van der Waals surface area contributed by atoms with E-state index < -0.39 is 0 Å². The number of carbonyl (C=O) groups is 1. The van der Waals surface area contributed by atoms with Crippen LogP contribution in [0.2, 0.25) is 0 Å². The monoisotopic (exact) mass is 388 g/mol. The van der Waals surface area contributed by atoms with Crippen molar-refractivity contribution in [3.8, 4) is 5.69 Å². The highest BCUT2D eigenvalue weighted by Crippen LogP contribution is 2.23. The summed E-state index contributed by atoms with van der Waals surface area (Å²) in [4.78, 5) is 19.4. The molecule has 0 aliphatic carbocycles. The standard InChI is InChI=1S/C23H24N4O2/c1-16-25-19-14-17(11-12-20(19)27(16)18-8-5-4-6-9-18)23(28)24-15-21(26(2)3)22-10-7-13-29-22/h4-14,21H,15H2,1-3H3,(H,24,28). The second-order valence-electron chi connectivity index (χ2n) is 7.24. The first kappa shape index (κ1) is 19.0. The zero-order valence-corrected chi connectivity index (χ0v) is 16.8. The van der Waals surface area contributed by atoms with E-state index in [9.17, 15) is 4.79 Å². The number of hydrogen-bond acceptors (Lipinski definition) is 4. The van der Waals surface area contributed by atoms with Gasteiger partial charge in [0.1, 0.15) is 11.6 Å². The van der Waals surface area contributed by atoms with Crippen molar-refractivity contribution in [3.05, 3.63) is 84.1 Å². The zero-order chi connectivity index (χ0) is 20.4. The van der Waals surface area contributed by atoms with Gasteiger partial charge in [-0.1, -0.05) is 18.2 Å². The number of nitrogens with one attached hydrogen (secondary N) is 1. The van der Waals surface area contributed by atoms with Gasteiger partial charge in [0.05, 0.1) is 23.3 Å². The number of aromatic nitrogens is 2. The molecule has 6 nitrogen and oxygen atoms in total. The fourth-order valence-corrected chi connectivity index (χ4v) is 3.55. The Labute approximate surface area is 169 Å². The Morgan fingerprint density at radius 1 is 1.14 bits per heavy atom. The first-order valence-corrected chi connectivity index (χ1v) is 9.57. The van der Waals surface area contributed by atoms with Gasteiger partial charge in [-0.15, -0.1) is 0 Å². The minimum absolute atomic E-state index is 0.0304. The molecule has 1 amide bonds. The maximum Gasteiger partial charge on any atom is 0.251 e. The van der Waals surface area contributed by atoms with E-state index in [0.29, 0.717) is 12.1 Å². The lowest BCUT2D eigenvalue weighted by molar-refractivity contribution is 0.0939. The van der Waals surface area contributed by atoms with Gasteiger partial charge in [0.15, 0.2) is 0 Å². The number of imidazole rings is 1. The number of para-hydroxylation sites is 1. The van der Waals surface area contributed by atoms with E-state index >= 15 is 0 Å². The molecule has 0 aliphatic rings. The summed E-state index contributed by atoms with van der Waals surface area (Å²) in [5.41, 5.74) is 3.42. The van der Waals surface area contributed by atoms with Crippen molar-refractivity contribution < 1.29 is 9.21 Å². The van der Waals surface area contributed by atoms with Gasteiger partial charge in [-0.3, -0.25) is 14.3 Å². The molecule has 2 aromatic heterocycles. The summed E-state index contributed by atoms with van der Waals surface area (Å²) >= 11 is 0. The number of fused-ring (bicyclic) bond motifs is 1. The molecule has 148 valence electrons. The fraction of sp³-hybridized carbons (Fsp3) is 0.217.